The Morgan fingerprint density at radius 1 is 1.07 bits per heavy atom. The van der Waals surface area contributed by atoms with Crippen LogP contribution in [-0.4, -0.2) is 73.3 Å². The van der Waals surface area contributed by atoms with Crippen molar-refractivity contribution in [2.24, 2.45) is 5.92 Å². The Bertz CT molecular complexity index is 1610. The number of halogens is 3. The van der Waals surface area contributed by atoms with Crippen LogP contribution in [0.5, 0.6) is 0 Å². The van der Waals surface area contributed by atoms with E-state index in [1.54, 1.807) is 27.2 Å². The van der Waals surface area contributed by atoms with Crippen molar-refractivity contribution in [1.29, 1.82) is 0 Å². The smallest absolute Gasteiger partial charge is 0.227 e. The first kappa shape index (κ1) is 28.6. The van der Waals surface area contributed by atoms with Gasteiger partial charge in [0, 0.05) is 44.5 Å². The zero-order chi connectivity index (χ0) is 29.6. The Morgan fingerprint density at radius 3 is 2.44 bits per heavy atom. The predicted molar refractivity (Wildman–Crippen MR) is 148 cm³/mol. The maximum absolute atomic E-state index is 14.2. The maximum atomic E-state index is 14.2. The fourth-order valence-electron chi connectivity index (χ4n) is 4.94. The second-order valence-corrected chi connectivity index (χ2v) is 11.2. The van der Waals surface area contributed by atoms with Gasteiger partial charge < -0.3 is 25.7 Å². The van der Waals surface area contributed by atoms with Gasteiger partial charge in [0.15, 0.2) is 0 Å². The third-order valence-corrected chi connectivity index (χ3v) is 8.12. The number of aliphatic hydroxyl groups excluding tert-OH is 2. The molecule has 3 heterocycles. The van der Waals surface area contributed by atoms with Gasteiger partial charge in [0.05, 0.1) is 39.7 Å². The summed E-state index contributed by atoms with van der Waals surface area (Å²) in [6, 6.07) is 2.25. The van der Waals surface area contributed by atoms with Gasteiger partial charge in [0.2, 0.25) is 11.9 Å². The molecule has 3 aromatic heterocycles. The van der Waals surface area contributed by atoms with Gasteiger partial charge in [-0.25, -0.2) is 23.1 Å². The molecule has 41 heavy (non-hydrogen) atoms. The number of thiazole rings is 1. The minimum absolute atomic E-state index is 0.00443. The van der Waals surface area contributed by atoms with Crippen molar-refractivity contribution < 1.29 is 28.2 Å². The number of aryl methyl sites for hydroxylation is 2. The highest BCUT2D eigenvalue weighted by atomic mass is 32.1. The van der Waals surface area contributed by atoms with Crippen LogP contribution in [0.3, 0.4) is 0 Å². The zero-order valence-corrected chi connectivity index (χ0v) is 23.4. The summed E-state index contributed by atoms with van der Waals surface area (Å²) in [4.78, 5) is 32.0. The number of amides is 1. The SMILES string of the molecule is Cc1nc(NCc2c(F)cc(F)cc2F)nc(N[C@@H]2C[C@H](C(=O)N(C)C)[C@@H](O)[C@H]2O)c1-c1nc2c(C)nccc2s1. The van der Waals surface area contributed by atoms with Crippen LogP contribution in [-0.2, 0) is 11.3 Å². The number of carbonyl (C=O) groups excluding carboxylic acids is 1. The van der Waals surface area contributed by atoms with Crippen molar-refractivity contribution in [1.82, 2.24) is 24.8 Å². The first-order valence-corrected chi connectivity index (χ1v) is 13.6. The third kappa shape index (κ3) is 5.54. The zero-order valence-electron chi connectivity index (χ0n) is 22.6. The van der Waals surface area contributed by atoms with Gasteiger partial charge in [-0.3, -0.25) is 9.78 Å². The van der Waals surface area contributed by atoms with E-state index in [2.05, 4.69) is 25.6 Å². The number of fused-ring (bicyclic) bond motifs is 1. The number of pyridine rings is 1. The number of anilines is 2. The first-order valence-electron chi connectivity index (χ1n) is 12.8. The number of aromatic nitrogens is 4. The lowest BCUT2D eigenvalue weighted by molar-refractivity contribution is -0.136. The number of hydrogen-bond acceptors (Lipinski definition) is 10. The van der Waals surface area contributed by atoms with Crippen LogP contribution in [0.25, 0.3) is 20.8 Å². The first-order chi connectivity index (χ1) is 19.4. The second-order valence-electron chi connectivity index (χ2n) is 10.1. The third-order valence-electron chi connectivity index (χ3n) is 7.09. The van der Waals surface area contributed by atoms with E-state index in [0.717, 1.165) is 10.4 Å². The molecule has 4 aromatic rings. The molecule has 14 heteroatoms. The fraction of sp³-hybridized carbons (Fsp3) is 0.370. The number of aliphatic hydroxyl groups is 2. The van der Waals surface area contributed by atoms with Gasteiger partial charge in [-0.2, -0.15) is 4.98 Å². The molecule has 0 bridgehead atoms. The lowest BCUT2D eigenvalue weighted by Crippen LogP contribution is -2.38. The van der Waals surface area contributed by atoms with E-state index in [1.807, 2.05) is 13.0 Å². The molecule has 0 unspecified atom stereocenters. The van der Waals surface area contributed by atoms with Crippen LogP contribution >= 0.6 is 11.3 Å². The van der Waals surface area contributed by atoms with Gasteiger partial charge in [-0.05, 0) is 26.3 Å². The number of carbonyl (C=O) groups is 1. The summed E-state index contributed by atoms with van der Waals surface area (Å²) in [5.41, 5.74) is 2.03. The minimum atomic E-state index is -1.30. The Kier molecular flexibility index (Phi) is 7.81. The molecule has 1 saturated carbocycles. The highest BCUT2D eigenvalue weighted by Crippen LogP contribution is 2.38. The molecular formula is C27H28F3N7O3S. The quantitative estimate of drug-likeness (QED) is 0.257. The average molecular weight is 588 g/mol. The highest BCUT2D eigenvalue weighted by Gasteiger charge is 2.46. The molecule has 4 atom stereocenters. The average Bonchev–Trinajstić information content (AvgIpc) is 3.45. The molecule has 0 saturated heterocycles. The van der Waals surface area contributed by atoms with Crippen molar-refractivity contribution in [3.8, 4) is 10.6 Å². The molecule has 0 aliphatic heterocycles. The molecule has 4 N–H and O–H groups in total. The van der Waals surface area contributed by atoms with Crippen molar-refractivity contribution >= 4 is 39.2 Å². The highest BCUT2D eigenvalue weighted by molar-refractivity contribution is 7.21. The molecule has 5 rings (SSSR count). The molecular weight excluding hydrogens is 559 g/mol. The summed E-state index contributed by atoms with van der Waals surface area (Å²) in [5, 5.41) is 28.0. The summed E-state index contributed by atoms with van der Waals surface area (Å²) in [5.74, 6) is -4.05. The monoisotopic (exact) mass is 587 g/mol. The van der Waals surface area contributed by atoms with E-state index >= 15 is 0 Å². The van der Waals surface area contributed by atoms with Gasteiger partial charge in [0.1, 0.15) is 39.9 Å². The maximum Gasteiger partial charge on any atom is 0.227 e. The van der Waals surface area contributed by atoms with Gasteiger partial charge in [-0.1, -0.05) is 0 Å². The summed E-state index contributed by atoms with van der Waals surface area (Å²) in [6.07, 6.45) is -0.778. The molecule has 1 amide bonds. The van der Waals surface area contributed by atoms with Crippen molar-refractivity contribution in [2.75, 3.05) is 24.7 Å². The number of nitrogens with zero attached hydrogens (tertiary/aromatic N) is 5. The molecule has 216 valence electrons. The second kappa shape index (κ2) is 11.2. The van der Waals surface area contributed by atoms with Crippen molar-refractivity contribution in [2.45, 2.75) is 45.1 Å². The van der Waals surface area contributed by atoms with Gasteiger partial charge in [0.25, 0.3) is 0 Å². The molecule has 1 aliphatic rings. The summed E-state index contributed by atoms with van der Waals surface area (Å²) >= 11 is 1.38. The van der Waals surface area contributed by atoms with E-state index in [9.17, 15) is 28.2 Å². The Labute approximate surface area is 237 Å². The largest absolute Gasteiger partial charge is 0.390 e. The summed E-state index contributed by atoms with van der Waals surface area (Å²) < 4.78 is 42.7. The standard InChI is InChI=1S/C27H28F3N7O3S/c1-11-20(25-35-21-12(2)31-6-5-19(21)41-25)24(34-18-9-14(22(38)23(18)39)26(40)37(3)4)36-27(33-11)32-10-15-16(29)7-13(28)8-17(15)30/h5-8,14,18,22-23,38-39H,9-10H2,1-4H3,(H2,32,33,34,36)/t14-,18+,22+,23-/m0/s1. The molecule has 0 spiro atoms. The Hall–Kier alpha value is -3.88. The number of rotatable bonds is 7. The van der Waals surface area contributed by atoms with Crippen LogP contribution in [0.1, 0.15) is 23.4 Å². The van der Waals surface area contributed by atoms with E-state index in [-0.39, 0.29) is 36.2 Å². The van der Waals surface area contributed by atoms with Gasteiger partial charge in [-0.15, -0.1) is 11.3 Å². The van der Waals surface area contributed by atoms with E-state index in [1.165, 1.54) is 16.2 Å². The fourth-order valence-corrected chi connectivity index (χ4v) is 6.05. The lowest BCUT2D eigenvalue weighted by Gasteiger charge is -2.21. The van der Waals surface area contributed by atoms with E-state index in [0.29, 0.717) is 33.9 Å². The van der Waals surface area contributed by atoms with Crippen LogP contribution < -0.4 is 10.6 Å². The van der Waals surface area contributed by atoms with Crippen LogP contribution in [0, 0.1) is 37.2 Å². The van der Waals surface area contributed by atoms with Crippen LogP contribution in [0.4, 0.5) is 24.9 Å². The van der Waals surface area contributed by atoms with Crippen LogP contribution in [0.2, 0.25) is 0 Å². The van der Waals surface area contributed by atoms with E-state index in [4.69, 9.17) is 4.98 Å². The molecule has 1 aliphatic carbocycles. The molecule has 10 nitrogen and oxygen atoms in total. The Balaban J connectivity index is 1.53. The molecule has 0 radical (unpaired) electrons. The predicted octanol–water partition coefficient (Wildman–Crippen LogP) is 3.40. The Morgan fingerprint density at radius 2 is 1.78 bits per heavy atom. The number of nitrogens with one attached hydrogen (secondary N) is 2. The number of benzene rings is 1. The van der Waals surface area contributed by atoms with Crippen molar-refractivity contribution in [3.05, 3.63) is 58.8 Å². The van der Waals surface area contributed by atoms with Crippen molar-refractivity contribution in [3.63, 3.8) is 0 Å². The normalized spacial score (nSPS) is 20.4. The number of hydrogen-bond donors (Lipinski definition) is 4. The topological polar surface area (TPSA) is 136 Å². The lowest BCUT2D eigenvalue weighted by atomic mass is 10.0. The van der Waals surface area contributed by atoms with Gasteiger partial charge >= 0.3 is 0 Å². The molecule has 1 fully saturated rings. The molecule has 1 aromatic carbocycles. The summed E-state index contributed by atoms with van der Waals surface area (Å²) in [7, 11) is 3.14. The minimum Gasteiger partial charge on any atom is -0.390 e. The summed E-state index contributed by atoms with van der Waals surface area (Å²) in [6.45, 7) is 3.18. The van der Waals surface area contributed by atoms with E-state index < -0.39 is 41.6 Å². The van der Waals surface area contributed by atoms with Crippen LogP contribution in [0.15, 0.2) is 24.4 Å².